The zero-order chi connectivity index (χ0) is 21.8. The highest BCUT2D eigenvalue weighted by atomic mass is 19.2. The largest absolute Gasteiger partial charge is 0.384 e. The fraction of sp³-hybridized carbons (Fsp3) is 0.111. The van der Waals surface area contributed by atoms with Crippen molar-refractivity contribution in [1.29, 1.82) is 0 Å². The fourth-order valence-electron chi connectivity index (χ4n) is 3.36. The Morgan fingerprint density at radius 2 is 1.32 bits per heavy atom. The van der Waals surface area contributed by atoms with E-state index in [0.29, 0.717) is 12.2 Å². The van der Waals surface area contributed by atoms with E-state index in [2.05, 4.69) is 36.1 Å². The Morgan fingerprint density at radius 1 is 0.710 bits per heavy atom. The van der Waals surface area contributed by atoms with Crippen LogP contribution in [0, 0.1) is 29.3 Å². The molecule has 0 aliphatic heterocycles. The van der Waals surface area contributed by atoms with E-state index in [9.17, 15) is 13.2 Å². The van der Waals surface area contributed by atoms with Crippen molar-refractivity contribution in [3.8, 4) is 23.0 Å². The van der Waals surface area contributed by atoms with Crippen molar-refractivity contribution >= 4 is 10.8 Å². The van der Waals surface area contributed by atoms with Gasteiger partial charge in [0.05, 0.1) is 6.61 Å². The third-order valence-corrected chi connectivity index (χ3v) is 5.09. The number of benzene rings is 4. The first-order valence-electron chi connectivity index (χ1n) is 9.83. The minimum Gasteiger partial charge on any atom is -0.384 e. The fourth-order valence-corrected chi connectivity index (χ4v) is 3.36. The lowest BCUT2D eigenvalue weighted by atomic mass is 10.0. The molecule has 0 aromatic heterocycles. The van der Waals surface area contributed by atoms with Gasteiger partial charge in [-0.1, -0.05) is 54.3 Å². The van der Waals surface area contributed by atoms with E-state index >= 15 is 0 Å². The summed E-state index contributed by atoms with van der Waals surface area (Å²) in [6.07, 6.45) is 0.883. The third-order valence-electron chi connectivity index (χ3n) is 5.09. The predicted molar refractivity (Wildman–Crippen MR) is 117 cm³/mol. The molecule has 4 rings (SSSR count). The standard InChI is InChI=1S/C27H19F3O/c1-31-15-14-19-6-11-22(12-7-19)21-9-4-18(5-10-21)2-3-20-8-13-24-23(16-20)17-25(28)27(30)26(24)29/h4-13,16-17H,14-15H2,1H3. The van der Waals surface area contributed by atoms with Crippen LogP contribution in [0.25, 0.3) is 21.9 Å². The summed E-state index contributed by atoms with van der Waals surface area (Å²) < 4.78 is 45.8. The maximum absolute atomic E-state index is 13.8. The summed E-state index contributed by atoms with van der Waals surface area (Å²) >= 11 is 0. The van der Waals surface area contributed by atoms with Gasteiger partial charge in [0.2, 0.25) is 0 Å². The van der Waals surface area contributed by atoms with Gasteiger partial charge < -0.3 is 4.74 Å². The lowest BCUT2D eigenvalue weighted by molar-refractivity contribution is 0.202. The van der Waals surface area contributed by atoms with Crippen LogP contribution in [0.15, 0.2) is 72.8 Å². The molecule has 0 fully saturated rings. The topological polar surface area (TPSA) is 9.23 Å². The van der Waals surface area contributed by atoms with Gasteiger partial charge in [-0.05, 0) is 58.8 Å². The maximum Gasteiger partial charge on any atom is 0.195 e. The molecule has 0 bridgehead atoms. The lowest BCUT2D eigenvalue weighted by Gasteiger charge is -2.05. The molecule has 4 heteroatoms. The summed E-state index contributed by atoms with van der Waals surface area (Å²) in [4.78, 5) is 0. The van der Waals surface area contributed by atoms with E-state index in [-0.39, 0.29) is 10.8 Å². The molecule has 0 N–H and O–H groups in total. The Morgan fingerprint density at radius 3 is 2.00 bits per heavy atom. The molecule has 0 atom stereocenters. The molecule has 4 aromatic carbocycles. The Balaban J connectivity index is 1.53. The quantitative estimate of drug-likeness (QED) is 0.272. The van der Waals surface area contributed by atoms with E-state index in [1.165, 1.54) is 11.6 Å². The second kappa shape index (κ2) is 9.07. The minimum atomic E-state index is -1.46. The molecule has 0 saturated heterocycles. The second-order valence-electron chi connectivity index (χ2n) is 7.19. The monoisotopic (exact) mass is 416 g/mol. The van der Waals surface area contributed by atoms with E-state index < -0.39 is 17.5 Å². The van der Waals surface area contributed by atoms with Gasteiger partial charge >= 0.3 is 0 Å². The highest BCUT2D eigenvalue weighted by Crippen LogP contribution is 2.24. The highest BCUT2D eigenvalue weighted by molar-refractivity contribution is 5.84. The summed E-state index contributed by atoms with van der Waals surface area (Å²) in [5.41, 5.74) is 4.84. The van der Waals surface area contributed by atoms with Gasteiger partial charge in [-0.2, -0.15) is 0 Å². The smallest absolute Gasteiger partial charge is 0.195 e. The van der Waals surface area contributed by atoms with Crippen LogP contribution in [0.5, 0.6) is 0 Å². The van der Waals surface area contributed by atoms with Crippen LogP contribution >= 0.6 is 0 Å². The van der Waals surface area contributed by atoms with Crippen LogP contribution in [-0.4, -0.2) is 13.7 Å². The highest BCUT2D eigenvalue weighted by Gasteiger charge is 2.13. The first kappa shape index (κ1) is 20.7. The van der Waals surface area contributed by atoms with E-state index in [1.54, 1.807) is 19.2 Å². The summed E-state index contributed by atoms with van der Waals surface area (Å²) in [7, 11) is 1.69. The Bertz CT molecular complexity index is 1280. The van der Waals surface area contributed by atoms with E-state index in [4.69, 9.17) is 4.74 Å². The number of ether oxygens (including phenoxy) is 1. The summed E-state index contributed by atoms with van der Waals surface area (Å²) in [6.45, 7) is 0.699. The number of halogens is 3. The molecule has 31 heavy (non-hydrogen) atoms. The molecule has 0 radical (unpaired) electrons. The number of rotatable bonds is 4. The van der Waals surface area contributed by atoms with Gasteiger partial charge in [0.25, 0.3) is 0 Å². The summed E-state index contributed by atoms with van der Waals surface area (Å²) in [5.74, 6) is 2.19. The molecule has 0 amide bonds. The van der Waals surface area contributed by atoms with Crippen LogP contribution in [0.3, 0.4) is 0 Å². The molecule has 154 valence electrons. The Kier molecular flexibility index (Phi) is 6.06. The van der Waals surface area contributed by atoms with E-state index in [1.807, 2.05) is 24.3 Å². The van der Waals surface area contributed by atoms with Gasteiger partial charge in [0.1, 0.15) is 0 Å². The van der Waals surface area contributed by atoms with Crippen molar-refractivity contribution in [2.75, 3.05) is 13.7 Å². The third kappa shape index (κ3) is 4.63. The normalized spacial score (nSPS) is 10.7. The van der Waals surface area contributed by atoms with Crippen molar-refractivity contribution in [2.45, 2.75) is 6.42 Å². The molecule has 0 unspecified atom stereocenters. The Hall–Kier alpha value is -3.55. The average molecular weight is 416 g/mol. The number of hydrogen-bond acceptors (Lipinski definition) is 1. The van der Waals surface area contributed by atoms with Crippen LogP contribution in [0.2, 0.25) is 0 Å². The molecule has 0 saturated carbocycles. The number of fused-ring (bicyclic) bond motifs is 1. The van der Waals surface area contributed by atoms with Crippen LogP contribution < -0.4 is 0 Å². The van der Waals surface area contributed by atoms with Crippen LogP contribution in [0.1, 0.15) is 16.7 Å². The zero-order valence-corrected chi connectivity index (χ0v) is 16.9. The average Bonchev–Trinajstić information content (AvgIpc) is 2.80. The molecule has 1 nitrogen and oxygen atoms in total. The number of hydrogen-bond donors (Lipinski definition) is 0. The molecule has 0 aliphatic carbocycles. The van der Waals surface area contributed by atoms with Crippen LogP contribution in [-0.2, 0) is 11.2 Å². The molecule has 0 aliphatic rings. The van der Waals surface area contributed by atoms with Crippen molar-refractivity contribution in [2.24, 2.45) is 0 Å². The molecule has 4 aromatic rings. The van der Waals surface area contributed by atoms with Crippen molar-refractivity contribution < 1.29 is 17.9 Å². The lowest BCUT2D eigenvalue weighted by Crippen LogP contribution is -1.93. The first-order valence-corrected chi connectivity index (χ1v) is 9.83. The molecule has 0 heterocycles. The molecule has 0 spiro atoms. The molecular formula is C27H19F3O. The zero-order valence-electron chi connectivity index (χ0n) is 16.9. The SMILES string of the molecule is COCCc1ccc(-c2ccc(C#Cc3ccc4c(F)c(F)c(F)cc4c3)cc2)cc1. The van der Waals surface area contributed by atoms with E-state index in [0.717, 1.165) is 29.2 Å². The predicted octanol–water partition coefficient (Wildman–Crippen LogP) is 6.51. The summed E-state index contributed by atoms with van der Waals surface area (Å²) in [6, 6.07) is 21.8. The van der Waals surface area contributed by atoms with Crippen molar-refractivity contribution in [1.82, 2.24) is 0 Å². The minimum absolute atomic E-state index is 0.0297. The molecular weight excluding hydrogens is 397 g/mol. The van der Waals surface area contributed by atoms with Crippen molar-refractivity contribution in [3.63, 3.8) is 0 Å². The number of methoxy groups -OCH3 is 1. The summed E-state index contributed by atoms with van der Waals surface area (Å²) in [5, 5.41) is 0.300. The van der Waals surface area contributed by atoms with Gasteiger partial charge in [-0.15, -0.1) is 0 Å². The second-order valence-corrected chi connectivity index (χ2v) is 7.19. The van der Waals surface area contributed by atoms with Crippen LogP contribution in [0.4, 0.5) is 13.2 Å². The first-order chi connectivity index (χ1) is 15.0. The maximum atomic E-state index is 13.8. The van der Waals surface area contributed by atoms with Gasteiger partial charge in [0, 0.05) is 23.6 Å². The Labute approximate surface area is 179 Å². The van der Waals surface area contributed by atoms with Gasteiger partial charge in [0.15, 0.2) is 17.5 Å². The van der Waals surface area contributed by atoms with Gasteiger partial charge in [-0.25, -0.2) is 13.2 Å². The van der Waals surface area contributed by atoms with Gasteiger partial charge in [-0.3, -0.25) is 0 Å². The van der Waals surface area contributed by atoms with Crippen molar-refractivity contribution in [3.05, 3.63) is 107 Å².